The highest BCUT2D eigenvalue weighted by Gasteiger charge is 2.36. The van der Waals surface area contributed by atoms with Crippen molar-refractivity contribution in [1.29, 1.82) is 5.26 Å². The van der Waals surface area contributed by atoms with Crippen molar-refractivity contribution in [2.75, 3.05) is 13.1 Å². The van der Waals surface area contributed by atoms with Crippen molar-refractivity contribution in [3.05, 3.63) is 23.8 Å². The fraction of sp³-hybridized carbons (Fsp3) is 0.467. The number of fused-ring (bicyclic) bond motifs is 1. The number of hydrogen-bond donors (Lipinski definition) is 0. The summed E-state index contributed by atoms with van der Waals surface area (Å²) in [5.74, 6) is 0. The molecule has 0 spiro atoms. The number of aromatic nitrogens is 3. The Morgan fingerprint density at radius 3 is 2.77 bits per heavy atom. The van der Waals surface area contributed by atoms with Crippen LogP contribution in [-0.2, 0) is 4.74 Å². The molecule has 114 valence electrons. The van der Waals surface area contributed by atoms with Crippen LogP contribution in [0.5, 0.6) is 0 Å². The minimum absolute atomic E-state index is 0.0615. The summed E-state index contributed by atoms with van der Waals surface area (Å²) in [6.07, 6.45) is -0.314. The Morgan fingerprint density at radius 2 is 2.14 bits per heavy atom. The number of benzene rings is 1. The van der Waals surface area contributed by atoms with Gasteiger partial charge in [0.2, 0.25) is 0 Å². The van der Waals surface area contributed by atoms with E-state index in [0.717, 1.165) is 11.0 Å². The van der Waals surface area contributed by atoms with Gasteiger partial charge in [-0.05, 0) is 39.0 Å². The Hall–Kier alpha value is -2.62. The molecule has 1 saturated heterocycles. The highest BCUT2D eigenvalue weighted by molar-refractivity contribution is 5.76. The molecule has 1 aliphatic heterocycles. The molecule has 22 heavy (non-hydrogen) atoms. The molecule has 0 radical (unpaired) electrons. The van der Waals surface area contributed by atoms with Gasteiger partial charge in [-0.25, -0.2) is 9.48 Å². The summed E-state index contributed by atoms with van der Waals surface area (Å²) in [5, 5.41) is 17.2. The van der Waals surface area contributed by atoms with Crippen molar-refractivity contribution in [3.63, 3.8) is 0 Å². The summed E-state index contributed by atoms with van der Waals surface area (Å²) in [6, 6.07) is 7.44. The summed E-state index contributed by atoms with van der Waals surface area (Å²) in [4.78, 5) is 13.6. The van der Waals surface area contributed by atoms with Crippen LogP contribution in [0.3, 0.4) is 0 Å². The lowest BCUT2D eigenvalue weighted by Gasteiger charge is -2.39. The molecule has 0 atom stereocenters. The van der Waals surface area contributed by atoms with Gasteiger partial charge >= 0.3 is 6.09 Å². The third-order valence-electron chi connectivity index (χ3n) is 3.46. The highest BCUT2D eigenvalue weighted by atomic mass is 16.6. The SMILES string of the molecule is CC(C)(C)OC(=O)N1CC(n2nnc3ccc(C#N)cc32)C1. The maximum atomic E-state index is 11.9. The van der Waals surface area contributed by atoms with Gasteiger partial charge in [-0.1, -0.05) is 5.21 Å². The van der Waals surface area contributed by atoms with Gasteiger partial charge < -0.3 is 9.64 Å². The number of rotatable bonds is 1. The Morgan fingerprint density at radius 1 is 1.41 bits per heavy atom. The van der Waals surface area contributed by atoms with Crippen LogP contribution >= 0.6 is 0 Å². The van der Waals surface area contributed by atoms with Crippen LogP contribution in [0.25, 0.3) is 11.0 Å². The minimum Gasteiger partial charge on any atom is -0.444 e. The number of nitriles is 1. The van der Waals surface area contributed by atoms with E-state index in [4.69, 9.17) is 10.00 Å². The van der Waals surface area contributed by atoms with E-state index in [9.17, 15) is 4.79 Å². The monoisotopic (exact) mass is 299 g/mol. The van der Waals surface area contributed by atoms with E-state index in [0.29, 0.717) is 18.7 Å². The van der Waals surface area contributed by atoms with E-state index in [2.05, 4.69) is 16.4 Å². The molecule has 2 aromatic rings. The second kappa shape index (κ2) is 4.98. The normalized spacial score (nSPS) is 15.5. The summed E-state index contributed by atoms with van der Waals surface area (Å²) in [7, 11) is 0. The van der Waals surface area contributed by atoms with Crippen LogP contribution in [-0.4, -0.2) is 44.7 Å². The average Bonchev–Trinajstić information content (AvgIpc) is 2.78. The van der Waals surface area contributed by atoms with Crippen molar-refractivity contribution in [2.24, 2.45) is 0 Å². The molecular formula is C15H17N5O2. The molecule has 0 bridgehead atoms. The lowest BCUT2D eigenvalue weighted by Crippen LogP contribution is -2.52. The fourth-order valence-electron chi connectivity index (χ4n) is 2.36. The number of ether oxygens (including phenoxy) is 1. The topological polar surface area (TPSA) is 84.0 Å². The standard InChI is InChI=1S/C15H17N5O2/c1-15(2,3)22-14(21)19-8-11(9-19)20-13-6-10(7-16)4-5-12(13)17-18-20/h4-6,11H,8-9H2,1-3H3. The molecule has 0 saturated carbocycles. The number of likely N-dealkylation sites (tertiary alicyclic amines) is 1. The molecular weight excluding hydrogens is 282 g/mol. The van der Waals surface area contributed by atoms with Crippen LogP contribution in [0, 0.1) is 11.3 Å². The first kappa shape index (κ1) is 14.3. The van der Waals surface area contributed by atoms with Crippen LogP contribution < -0.4 is 0 Å². The smallest absolute Gasteiger partial charge is 0.410 e. The van der Waals surface area contributed by atoms with Gasteiger partial charge in [-0.2, -0.15) is 5.26 Å². The molecule has 7 heteroatoms. The fourth-order valence-corrected chi connectivity index (χ4v) is 2.36. The maximum absolute atomic E-state index is 11.9. The number of amides is 1. The quantitative estimate of drug-likeness (QED) is 0.805. The van der Waals surface area contributed by atoms with Crippen molar-refractivity contribution in [3.8, 4) is 6.07 Å². The molecule has 0 N–H and O–H groups in total. The lowest BCUT2D eigenvalue weighted by molar-refractivity contribution is -0.0000727. The molecule has 0 aliphatic carbocycles. The van der Waals surface area contributed by atoms with Crippen molar-refractivity contribution >= 4 is 17.1 Å². The minimum atomic E-state index is -0.496. The Bertz CT molecular complexity index is 762. The van der Waals surface area contributed by atoms with Crippen molar-refractivity contribution in [2.45, 2.75) is 32.4 Å². The average molecular weight is 299 g/mol. The third-order valence-corrected chi connectivity index (χ3v) is 3.46. The van der Waals surface area contributed by atoms with Crippen LogP contribution in [0.4, 0.5) is 4.79 Å². The summed E-state index contributed by atoms with van der Waals surface area (Å²) < 4.78 is 7.10. The van der Waals surface area contributed by atoms with E-state index < -0.39 is 5.60 Å². The van der Waals surface area contributed by atoms with Gasteiger partial charge in [0.15, 0.2) is 0 Å². The van der Waals surface area contributed by atoms with Gasteiger partial charge in [-0.15, -0.1) is 5.10 Å². The van der Waals surface area contributed by atoms with Gasteiger partial charge in [0.05, 0.1) is 23.2 Å². The van der Waals surface area contributed by atoms with Crippen molar-refractivity contribution < 1.29 is 9.53 Å². The first-order valence-corrected chi connectivity index (χ1v) is 7.10. The highest BCUT2D eigenvalue weighted by Crippen LogP contribution is 2.26. The predicted octanol–water partition coefficient (Wildman–Crippen LogP) is 2.09. The number of carbonyl (C=O) groups is 1. The Balaban J connectivity index is 1.73. The second-order valence-electron chi connectivity index (χ2n) is 6.39. The Kier molecular flexibility index (Phi) is 3.24. The summed E-state index contributed by atoms with van der Waals surface area (Å²) in [5.41, 5.74) is 1.63. The molecule has 3 rings (SSSR count). The predicted molar refractivity (Wildman–Crippen MR) is 79.1 cm³/mol. The molecule has 1 aromatic carbocycles. The van der Waals surface area contributed by atoms with Gasteiger partial charge in [0.1, 0.15) is 11.1 Å². The van der Waals surface area contributed by atoms with E-state index in [-0.39, 0.29) is 12.1 Å². The zero-order valence-electron chi connectivity index (χ0n) is 12.8. The van der Waals surface area contributed by atoms with Gasteiger partial charge in [0, 0.05) is 13.1 Å². The molecule has 7 nitrogen and oxygen atoms in total. The zero-order chi connectivity index (χ0) is 15.9. The van der Waals surface area contributed by atoms with Crippen molar-refractivity contribution in [1.82, 2.24) is 19.9 Å². The molecule has 1 aliphatic rings. The van der Waals surface area contributed by atoms with Crippen LogP contribution in [0.2, 0.25) is 0 Å². The van der Waals surface area contributed by atoms with E-state index in [1.54, 1.807) is 27.8 Å². The first-order chi connectivity index (χ1) is 10.4. The van der Waals surface area contributed by atoms with Crippen LogP contribution in [0.1, 0.15) is 32.4 Å². The van der Waals surface area contributed by atoms with Crippen LogP contribution in [0.15, 0.2) is 18.2 Å². The molecule has 1 fully saturated rings. The second-order valence-corrected chi connectivity index (χ2v) is 6.39. The zero-order valence-corrected chi connectivity index (χ0v) is 12.8. The summed E-state index contributed by atoms with van der Waals surface area (Å²) >= 11 is 0. The number of carbonyl (C=O) groups excluding carboxylic acids is 1. The first-order valence-electron chi connectivity index (χ1n) is 7.10. The van der Waals surface area contributed by atoms with Gasteiger partial charge in [0.25, 0.3) is 0 Å². The van der Waals surface area contributed by atoms with E-state index in [1.165, 1.54) is 0 Å². The Labute approximate surface area is 128 Å². The molecule has 0 unspecified atom stereocenters. The molecule has 1 aromatic heterocycles. The molecule has 1 amide bonds. The lowest BCUT2D eigenvalue weighted by atomic mass is 10.1. The van der Waals surface area contributed by atoms with Gasteiger partial charge in [-0.3, -0.25) is 0 Å². The largest absolute Gasteiger partial charge is 0.444 e. The maximum Gasteiger partial charge on any atom is 0.410 e. The summed E-state index contributed by atoms with van der Waals surface area (Å²) in [6.45, 7) is 6.60. The van der Waals surface area contributed by atoms with E-state index in [1.807, 2.05) is 20.8 Å². The van der Waals surface area contributed by atoms with E-state index >= 15 is 0 Å². The number of hydrogen-bond acceptors (Lipinski definition) is 5. The number of nitrogens with zero attached hydrogens (tertiary/aromatic N) is 5. The molecule has 2 heterocycles. The third kappa shape index (κ3) is 2.60.